The van der Waals surface area contributed by atoms with E-state index in [-0.39, 0.29) is 0 Å². The van der Waals surface area contributed by atoms with Crippen LogP contribution in [0.3, 0.4) is 0 Å². The van der Waals surface area contributed by atoms with Crippen LogP contribution in [0.5, 0.6) is 5.75 Å². The standard InChI is InChI=1S/C14H21ClN2O/c1-17(13(8-16)10-3-4-10)9-11-7-12(15)5-6-14(11)18-2/h5-7,10,13H,3-4,8-9,16H2,1-2H3. The molecule has 1 fully saturated rings. The van der Waals surface area contributed by atoms with E-state index >= 15 is 0 Å². The van der Waals surface area contributed by atoms with Gasteiger partial charge in [-0.1, -0.05) is 11.6 Å². The van der Waals surface area contributed by atoms with Crippen molar-refractivity contribution in [3.05, 3.63) is 28.8 Å². The van der Waals surface area contributed by atoms with Crippen LogP contribution in [0.4, 0.5) is 0 Å². The molecule has 0 aliphatic heterocycles. The van der Waals surface area contributed by atoms with Crippen LogP contribution in [0.25, 0.3) is 0 Å². The van der Waals surface area contributed by atoms with Crippen molar-refractivity contribution in [2.24, 2.45) is 11.7 Å². The average Bonchev–Trinajstić information content (AvgIpc) is 3.15. The maximum atomic E-state index is 6.05. The molecule has 4 heteroatoms. The van der Waals surface area contributed by atoms with Gasteiger partial charge in [0.25, 0.3) is 0 Å². The van der Waals surface area contributed by atoms with Gasteiger partial charge < -0.3 is 10.5 Å². The SMILES string of the molecule is COc1ccc(Cl)cc1CN(C)C(CN)C1CC1. The molecule has 0 spiro atoms. The average molecular weight is 269 g/mol. The van der Waals surface area contributed by atoms with Crippen LogP contribution < -0.4 is 10.5 Å². The third-order valence-corrected chi connectivity index (χ3v) is 3.87. The van der Waals surface area contributed by atoms with E-state index in [4.69, 9.17) is 22.1 Å². The number of rotatable bonds is 6. The van der Waals surface area contributed by atoms with Gasteiger partial charge in [-0.3, -0.25) is 4.90 Å². The van der Waals surface area contributed by atoms with Crippen molar-refractivity contribution in [1.29, 1.82) is 0 Å². The third kappa shape index (κ3) is 3.16. The number of hydrogen-bond donors (Lipinski definition) is 1. The Balaban J connectivity index is 2.09. The normalized spacial score (nSPS) is 16.9. The van der Waals surface area contributed by atoms with Gasteiger partial charge in [-0.2, -0.15) is 0 Å². The summed E-state index contributed by atoms with van der Waals surface area (Å²) >= 11 is 6.05. The zero-order valence-electron chi connectivity index (χ0n) is 11.0. The predicted molar refractivity (Wildman–Crippen MR) is 75.0 cm³/mol. The topological polar surface area (TPSA) is 38.5 Å². The molecule has 1 atom stereocenters. The number of benzene rings is 1. The Kier molecular flexibility index (Phi) is 4.49. The van der Waals surface area contributed by atoms with Crippen LogP contribution in [0.2, 0.25) is 5.02 Å². The molecule has 1 aliphatic carbocycles. The molecule has 0 radical (unpaired) electrons. The lowest BCUT2D eigenvalue weighted by Gasteiger charge is -2.27. The van der Waals surface area contributed by atoms with Crippen molar-refractivity contribution in [2.75, 3.05) is 20.7 Å². The van der Waals surface area contributed by atoms with Gasteiger partial charge >= 0.3 is 0 Å². The Morgan fingerprint density at radius 1 is 1.50 bits per heavy atom. The summed E-state index contributed by atoms with van der Waals surface area (Å²) in [6, 6.07) is 6.21. The Bertz CT molecular complexity index is 407. The summed E-state index contributed by atoms with van der Waals surface area (Å²) < 4.78 is 5.37. The summed E-state index contributed by atoms with van der Waals surface area (Å²) in [5, 5.41) is 0.745. The van der Waals surface area contributed by atoms with Gasteiger partial charge in [0.05, 0.1) is 7.11 Å². The molecule has 1 unspecified atom stereocenters. The number of methoxy groups -OCH3 is 1. The lowest BCUT2D eigenvalue weighted by Crippen LogP contribution is -2.39. The summed E-state index contributed by atoms with van der Waals surface area (Å²) in [6.45, 7) is 1.53. The minimum absolute atomic E-state index is 0.466. The van der Waals surface area contributed by atoms with E-state index in [0.717, 1.165) is 28.8 Å². The van der Waals surface area contributed by atoms with E-state index in [1.54, 1.807) is 7.11 Å². The summed E-state index contributed by atoms with van der Waals surface area (Å²) in [5.74, 6) is 1.66. The van der Waals surface area contributed by atoms with Crippen molar-refractivity contribution >= 4 is 11.6 Å². The molecular weight excluding hydrogens is 248 g/mol. The zero-order chi connectivity index (χ0) is 13.1. The van der Waals surface area contributed by atoms with E-state index in [0.29, 0.717) is 12.6 Å². The number of hydrogen-bond acceptors (Lipinski definition) is 3. The van der Waals surface area contributed by atoms with Gasteiger partial charge in [0.2, 0.25) is 0 Å². The molecule has 1 saturated carbocycles. The highest BCUT2D eigenvalue weighted by Gasteiger charge is 2.32. The molecule has 1 aliphatic rings. The molecule has 100 valence electrons. The van der Waals surface area contributed by atoms with Crippen molar-refractivity contribution in [1.82, 2.24) is 4.90 Å². The summed E-state index contributed by atoms with van der Waals surface area (Å²) in [4.78, 5) is 2.31. The smallest absolute Gasteiger partial charge is 0.123 e. The van der Waals surface area contributed by atoms with Crippen molar-refractivity contribution in [2.45, 2.75) is 25.4 Å². The molecule has 1 aromatic carbocycles. The summed E-state index contributed by atoms with van der Waals surface area (Å²) in [7, 11) is 3.81. The molecular formula is C14H21ClN2O. The van der Waals surface area contributed by atoms with Gasteiger partial charge in [-0.25, -0.2) is 0 Å². The maximum Gasteiger partial charge on any atom is 0.123 e. The van der Waals surface area contributed by atoms with Gasteiger partial charge in [-0.05, 0) is 44.0 Å². The van der Waals surface area contributed by atoms with Gasteiger partial charge in [0.15, 0.2) is 0 Å². The highest BCUT2D eigenvalue weighted by molar-refractivity contribution is 6.30. The third-order valence-electron chi connectivity index (χ3n) is 3.64. The van der Waals surface area contributed by atoms with E-state index < -0.39 is 0 Å². The van der Waals surface area contributed by atoms with Crippen LogP contribution in [0.1, 0.15) is 18.4 Å². The molecule has 0 amide bonds. The quantitative estimate of drug-likeness (QED) is 0.862. The van der Waals surface area contributed by atoms with E-state index in [9.17, 15) is 0 Å². The first kappa shape index (κ1) is 13.7. The highest BCUT2D eigenvalue weighted by atomic mass is 35.5. The number of ether oxygens (including phenoxy) is 1. The molecule has 0 bridgehead atoms. The Morgan fingerprint density at radius 3 is 2.78 bits per heavy atom. The Labute approximate surface area is 114 Å². The largest absolute Gasteiger partial charge is 0.496 e. The molecule has 1 aromatic rings. The zero-order valence-corrected chi connectivity index (χ0v) is 11.8. The molecule has 2 N–H and O–H groups in total. The fourth-order valence-corrected chi connectivity index (χ4v) is 2.66. The first-order valence-electron chi connectivity index (χ1n) is 6.38. The van der Waals surface area contributed by atoms with Crippen molar-refractivity contribution in [3.63, 3.8) is 0 Å². The van der Waals surface area contributed by atoms with Crippen LogP contribution in [0, 0.1) is 5.92 Å². The predicted octanol–water partition coefficient (Wildman–Crippen LogP) is 2.52. The van der Waals surface area contributed by atoms with Crippen molar-refractivity contribution in [3.8, 4) is 5.75 Å². The first-order valence-corrected chi connectivity index (χ1v) is 6.76. The molecule has 18 heavy (non-hydrogen) atoms. The van der Waals surface area contributed by atoms with Crippen molar-refractivity contribution < 1.29 is 4.74 Å². The lowest BCUT2D eigenvalue weighted by molar-refractivity contribution is 0.213. The fraction of sp³-hybridized carbons (Fsp3) is 0.571. The number of nitrogens with two attached hydrogens (primary N) is 1. The molecule has 3 nitrogen and oxygen atoms in total. The van der Waals surface area contributed by atoms with Crippen LogP contribution in [-0.4, -0.2) is 31.6 Å². The summed E-state index contributed by atoms with van der Waals surface area (Å²) in [6.07, 6.45) is 2.61. The van der Waals surface area contributed by atoms with E-state index in [1.165, 1.54) is 12.8 Å². The monoisotopic (exact) mass is 268 g/mol. The lowest BCUT2D eigenvalue weighted by atomic mass is 10.1. The maximum absolute atomic E-state index is 6.05. The second kappa shape index (κ2) is 5.91. The highest BCUT2D eigenvalue weighted by Crippen LogP contribution is 2.35. The van der Waals surface area contributed by atoms with Gasteiger partial charge in [0.1, 0.15) is 5.75 Å². The Hall–Kier alpha value is -0.770. The summed E-state index contributed by atoms with van der Waals surface area (Å²) in [5.41, 5.74) is 6.99. The minimum atomic E-state index is 0.466. The van der Waals surface area contributed by atoms with Gasteiger partial charge in [0, 0.05) is 29.7 Å². The Morgan fingerprint density at radius 2 is 2.22 bits per heavy atom. The minimum Gasteiger partial charge on any atom is -0.496 e. The second-order valence-corrected chi connectivity index (χ2v) is 5.45. The fourth-order valence-electron chi connectivity index (χ4n) is 2.47. The van der Waals surface area contributed by atoms with Crippen LogP contribution >= 0.6 is 11.6 Å². The van der Waals surface area contributed by atoms with Gasteiger partial charge in [-0.15, -0.1) is 0 Å². The molecule has 2 rings (SSSR count). The number of nitrogens with zero attached hydrogens (tertiary/aromatic N) is 1. The molecule has 0 heterocycles. The first-order chi connectivity index (χ1) is 8.65. The molecule has 0 saturated heterocycles. The molecule has 0 aromatic heterocycles. The second-order valence-electron chi connectivity index (χ2n) is 5.01. The number of halogens is 1. The van der Waals surface area contributed by atoms with E-state index in [1.807, 2.05) is 18.2 Å². The van der Waals surface area contributed by atoms with E-state index in [2.05, 4.69) is 11.9 Å². The van der Waals surface area contributed by atoms with Crippen LogP contribution in [0.15, 0.2) is 18.2 Å². The number of likely N-dealkylation sites (N-methyl/N-ethyl adjacent to an activating group) is 1. The van der Waals surface area contributed by atoms with Crippen LogP contribution in [-0.2, 0) is 6.54 Å².